The van der Waals surface area contributed by atoms with Gasteiger partial charge in [-0.2, -0.15) is 10.2 Å². The minimum absolute atomic E-state index is 0.0140. The second-order valence-corrected chi connectivity index (χ2v) is 8.65. The molecule has 1 amide bonds. The van der Waals surface area contributed by atoms with Crippen LogP contribution in [0.3, 0.4) is 0 Å². The maximum absolute atomic E-state index is 12.9. The third kappa shape index (κ3) is 4.02. The molecular weight excluding hydrogens is 368 g/mol. The lowest BCUT2D eigenvalue weighted by atomic mass is 9.96. The lowest BCUT2D eigenvalue weighted by Crippen LogP contribution is -2.40. The van der Waals surface area contributed by atoms with Gasteiger partial charge in [0.25, 0.3) is 0 Å². The molecule has 2 fully saturated rings. The van der Waals surface area contributed by atoms with E-state index < -0.39 is 0 Å². The molecule has 2 aromatic rings. The van der Waals surface area contributed by atoms with Crippen LogP contribution in [0.25, 0.3) is 0 Å². The molecule has 1 saturated heterocycles. The lowest BCUT2D eigenvalue weighted by Gasteiger charge is -2.33. The van der Waals surface area contributed by atoms with Crippen molar-refractivity contribution >= 4 is 5.91 Å². The maximum Gasteiger partial charge on any atom is 0.345 e. The van der Waals surface area contributed by atoms with Gasteiger partial charge in [-0.15, -0.1) is 0 Å². The van der Waals surface area contributed by atoms with E-state index in [0.29, 0.717) is 19.5 Å². The van der Waals surface area contributed by atoms with E-state index in [1.807, 2.05) is 34.1 Å². The number of carbonyl (C=O) groups is 1. The van der Waals surface area contributed by atoms with Crippen molar-refractivity contribution in [1.29, 1.82) is 0 Å². The van der Waals surface area contributed by atoms with E-state index in [4.69, 9.17) is 0 Å². The van der Waals surface area contributed by atoms with Gasteiger partial charge in [0.05, 0.1) is 5.69 Å². The number of amides is 1. The summed E-state index contributed by atoms with van der Waals surface area (Å²) in [7, 11) is 1.73. The standard InChI is InChI=1S/C21H32N6O2/c1-15-13-16(2)26(22-15)12-10-19(28)25-11-6-7-17(14-25)20-23-24(3)21(29)27(20)18-8-4-5-9-18/h13,17-18H,4-12,14H2,1-3H3. The molecule has 0 bridgehead atoms. The van der Waals surface area contributed by atoms with Crippen LogP contribution in [0.1, 0.15) is 74.1 Å². The summed E-state index contributed by atoms with van der Waals surface area (Å²) in [5.74, 6) is 1.17. The first-order valence-corrected chi connectivity index (χ1v) is 10.9. The second-order valence-electron chi connectivity index (χ2n) is 8.65. The van der Waals surface area contributed by atoms with Crippen molar-refractivity contribution in [2.45, 2.75) is 77.3 Å². The first-order valence-electron chi connectivity index (χ1n) is 10.9. The summed E-state index contributed by atoms with van der Waals surface area (Å²) < 4.78 is 5.31. The highest BCUT2D eigenvalue weighted by Crippen LogP contribution is 2.33. The summed E-state index contributed by atoms with van der Waals surface area (Å²) in [5.41, 5.74) is 2.05. The number of hydrogen-bond donors (Lipinski definition) is 0. The van der Waals surface area contributed by atoms with Gasteiger partial charge in [-0.3, -0.25) is 14.0 Å². The number of nitrogens with zero attached hydrogens (tertiary/aromatic N) is 6. The van der Waals surface area contributed by atoms with Crippen molar-refractivity contribution in [1.82, 2.24) is 29.0 Å². The summed E-state index contributed by atoms with van der Waals surface area (Å²) in [6, 6.07) is 2.30. The first-order chi connectivity index (χ1) is 13.9. The Morgan fingerprint density at radius 1 is 1.14 bits per heavy atom. The topological polar surface area (TPSA) is 78.0 Å². The Balaban J connectivity index is 1.46. The molecule has 4 rings (SSSR count). The molecule has 29 heavy (non-hydrogen) atoms. The Labute approximate surface area is 171 Å². The van der Waals surface area contributed by atoms with Crippen molar-refractivity contribution in [2.24, 2.45) is 7.05 Å². The summed E-state index contributed by atoms with van der Waals surface area (Å²) in [6.45, 7) is 6.03. The van der Waals surface area contributed by atoms with Gasteiger partial charge in [0, 0.05) is 50.8 Å². The number of hydrogen-bond acceptors (Lipinski definition) is 4. The fourth-order valence-electron chi connectivity index (χ4n) is 4.96. The normalized spacial score (nSPS) is 20.5. The minimum atomic E-state index is -0.0140. The van der Waals surface area contributed by atoms with Crippen LogP contribution < -0.4 is 5.69 Å². The zero-order chi connectivity index (χ0) is 20.5. The SMILES string of the molecule is Cc1cc(C)n(CCC(=O)N2CCCC(c3nn(C)c(=O)n3C3CCCC3)C2)n1. The monoisotopic (exact) mass is 400 g/mol. The summed E-state index contributed by atoms with van der Waals surface area (Å²) >= 11 is 0. The molecule has 1 unspecified atom stereocenters. The van der Waals surface area contributed by atoms with E-state index in [1.165, 1.54) is 17.5 Å². The molecule has 1 aliphatic heterocycles. The molecule has 2 aromatic heterocycles. The summed E-state index contributed by atoms with van der Waals surface area (Å²) in [4.78, 5) is 27.5. The number of likely N-dealkylation sites (tertiary alicyclic amines) is 1. The van der Waals surface area contributed by atoms with E-state index in [-0.39, 0.29) is 23.6 Å². The van der Waals surface area contributed by atoms with Crippen molar-refractivity contribution in [3.63, 3.8) is 0 Å². The average molecular weight is 401 g/mol. The molecule has 0 radical (unpaired) electrons. The number of aryl methyl sites for hydroxylation is 4. The minimum Gasteiger partial charge on any atom is -0.342 e. The third-order valence-corrected chi connectivity index (χ3v) is 6.45. The molecule has 1 atom stereocenters. The average Bonchev–Trinajstić information content (AvgIpc) is 3.41. The van der Waals surface area contributed by atoms with Gasteiger partial charge in [0.1, 0.15) is 5.82 Å². The highest BCUT2D eigenvalue weighted by molar-refractivity contribution is 5.76. The Morgan fingerprint density at radius 2 is 1.90 bits per heavy atom. The van der Waals surface area contributed by atoms with Crippen LogP contribution in [0, 0.1) is 13.8 Å². The maximum atomic E-state index is 12.9. The zero-order valence-corrected chi connectivity index (χ0v) is 17.8. The van der Waals surface area contributed by atoms with Crippen LogP contribution in [-0.2, 0) is 18.4 Å². The second kappa shape index (κ2) is 8.16. The molecule has 8 heteroatoms. The molecule has 158 valence electrons. The van der Waals surface area contributed by atoms with Crippen molar-refractivity contribution in [3.8, 4) is 0 Å². The smallest absolute Gasteiger partial charge is 0.342 e. The molecule has 8 nitrogen and oxygen atoms in total. The van der Waals surface area contributed by atoms with Crippen LogP contribution >= 0.6 is 0 Å². The van der Waals surface area contributed by atoms with Gasteiger partial charge < -0.3 is 4.90 Å². The molecule has 1 saturated carbocycles. The predicted molar refractivity (Wildman–Crippen MR) is 110 cm³/mol. The molecular formula is C21H32N6O2. The van der Waals surface area contributed by atoms with Gasteiger partial charge in [-0.05, 0) is 45.6 Å². The third-order valence-electron chi connectivity index (χ3n) is 6.45. The number of rotatable bonds is 5. The summed E-state index contributed by atoms with van der Waals surface area (Å²) in [6.07, 6.45) is 6.83. The van der Waals surface area contributed by atoms with E-state index >= 15 is 0 Å². The van der Waals surface area contributed by atoms with E-state index in [2.05, 4.69) is 10.2 Å². The Morgan fingerprint density at radius 3 is 2.59 bits per heavy atom. The Hall–Kier alpha value is -2.38. The van der Waals surface area contributed by atoms with Gasteiger partial charge in [0.2, 0.25) is 5.91 Å². The molecule has 1 aliphatic carbocycles. The first kappa shape index (κ1) is 19.9. The lowest BCUT2D eigenvalue weighted by molar-refractivity contribution is -0.132. The Kier molecular flexibility index (Phi) is 5.61. The fourth-order valence-corrected chi connectivity index (χ4v) is 4.96. The molecule has 0 N–H and O–H groups in total. The number of piperidine rings is 1. The molecule has 0 aromatic carbocycles. The number of carbonyl (C=O) groups excluding carboxylic acids is 1. The largest absolute Gasteiger partial charge is 0.345 e. The van der Waals surface area contributed by atoms with E-state index in [9.17, 15) is 9.59 Å². The molecule has 3 heterocycles. The van der Waals surface area contributed by atoms with E-state index in [0.717, 1.165) is 49.4 Å². The zero-order valence-electron chi connectivity index (χ0n) is 17.8. The van der Waals surface area contributed by atoms with E-state index in [1.54, 1.807) is 7.05 Å². The van der Waals surface area contributed by atoms with Gasteiger partial charge in [0.15, 0.2) is 0 Å². The van der Waals surface area contributed by atoms with Crippen molar-refractivity contribution in [3.05, 3.63) is 33.8 Å². The van der Waals surface area contributed by atoms with Crippen LogP contribution in [0.15, 0.2) is 10.9 Å². The quantitative estimate of drug-likeness (QED) is 0.772. The van der Waals surface area contributed by atoms with Gasteiger partial charge in [-0.1, -0.05) is 12.8 Å². The number of aromatic nitrogens is 5. The Bertz CT molecular complexity index is 934. The fraction of sp³-hybridized carbons (Fsp3) is 0.714. The molecule has 2 aliphatic rings. The van der Waals surface area contributed by atoms with Gasteiger partial charge in [-0.25, -0.2) is 9.48 Å². The predicted octanol–water partition coefficient (Wildman–Crippen LogP) is 2.31. The van der Waals surface area contributed by atoms with Crippen LogP contribution in [0.5, 0.6) is 0 Å². The van der Waals surface area contributed by atoms with Gasteiger partial charge >= 0.3 is 5.69 Å². The van der Waals surface area contributed by atoms with Crippen molar-refractivity contribution < 1.29 is 4.79 Å². The molecule has 0 spiro atoms. The highest BCUT2D eigenvalue weighted by Gasteiger charge is 2.32. The van der Waals surface area contributed by atoms with Crippen LogP contribution in [0.2, 0.25) is 0 Å². The summed E-state index contributed by atoms with van der Waals surface area (Å²) in [5, 5.41) is 9.05. The highest BCUT2D eigenvalue weighted by atomic mass is 16.2. The van der Waals surface area contributed by atoms with Crippen LogP contribution in [0.4, 0.5) is 0 Å². The van der Waals surface area contributed by atoms with Crippen LogP contribution in [-0.4, -0.2) is 48.0 Å². The van der Waals surface area contributed by atoms with Crippen molar-refractivity contribution in [2.75, 3.05) is 13.1 Å².